The van der Waals surface area contributed by atoms with E-state index in [1.54, 1.807) is 21.3 Å². The van der Waals surface area contributed by atoms with Gasteiger partial charge < -0.3 is 28.4 Å². The van der Waals surface area contributed by atoms with Crippen LogP contribution in [0.3, 0.4) is 0 Å². The molecule has 0 N–H and O–H groups in total. The summed E-state index contributed by atoms with van der Waals surface area (Å²) >= 11 is 0. The molecule has 0 bridgehead atoms. The zero-order valence-corrected chi connectivity index (χ0v) is 34.1. The summed E-state index contributed by atoms with van der Waals surface area (Å²) in [5.74, 6) is 2.72. The molecule has 0 aliphatic heterocycles. The number of rotatable bonds is 15. The van der Waals surface area contributed by atoms with Crippen molar-refractivity contribution < 1.29 is 28.4 Å². The molecule has 3 aliphatic rings. The summed E-state index contributed by atoms with van der Waals surface area (Å²) in [7, 11) is 5.36. The van der Waals surface area contributed by atoms with Crippen molar-refractivity contribution in [2.75, 3.05) is 21.3 Å². The van der Waals surface area contributed by atoms with Gasteiger partial charge in [0.05, 0.1) is 18.3 Å². The van der Waals surface area contributed by atoms with E-state index in [9.17, 15) is 0 Å². The van der Waals surface area contributed by atoms with Crippen molar-refractivity contribution in [1.82, 2.24) is 0 Å². The van der Waals surface area contributed by atoms with E-state index in [0.29, 0.717) is 37.1 Å². The van der Waals surface area contributed by atoms with Crippen LogP contribution in [0.1, 0.15) is 103 Å². The molecule has 300 valence electrons. The standard InChI is InChI=1S/C54H48O6/c1-55-52-46-13-7-4-10-43(46)49(52)37-22-16-34(17-23-37)31-58-40-28-41(59-32-35-18-24-38(25-19-35)50-44-11-5-8-14-47(44)53(50)56-2)30-42(29-40)60-33-36-20-26-39(27-21-36)51-45-12-6-9-15-48(45)54(51)57-3/h4-30,49-54H,31-33H2,1-3H3. The Hall–Kier alpha value is -6.18. The molecule has 6 unspecified atom stereocenters. The molecule has 0 saturated carbocycles. The van der Waals surface area contributed by atoms with Crippen LogP contribution < -0.4 is 14.2 Å². The van der Waals surface area contributed by atoms with Crippen LogP contribution in [-0.2, 0) is 34.0 Å². The highest BCUT2D eigenvalue weighted by Gasteiger charge is 2.40. The molecule has 10 rings (SSSR count). The second-order valence-corrected chi connectivity index (χ2v) is 16.0. The maximum atomic E-state index is 6.43. The van der Waals surface area contributed by atoms with Gasteiger partial charge in [0, 0.05) is 57.3 Å². The number of hydrogen-bond donors (Lipinski definition) is 0. The van der Waals surface area contributed by atoms with Gasteiger partial charge in [-0.3, -0.25) is 0 Å². The minimum atomic E-state index is 0.0758. The second-order valence-electron chi connectivity index (χ2n) is 16.0. The van der Waals surface area contributed by atoms with E-state index in [1.165, 1.54) is 50.1 Å². The first-order chi connectivity index (χ1) is 29.6. The van der Waals surface area contributed by atoms with Crippen LogP contribution in [0.2, 0.25) is 0 Å². The zero-order chi connectivity index (χ0) is 40.6. The molecule has 0 spiro atoms. The van der Waals surface area contributed by atoms with E-state index in [0.717, 1.165) is 16.7 Å². The van der Waals surface area contributed by atoms with E-state index < -0.39 is 0 Å². The fraction of sp³-hybridized carbons (Fsp3) is 0.222. The monoisotopic (exact) mass is 792 g/mol. The van der Waals surface area contributed by atoms with Gasteiger partial charge in [-0.2, -0.15) is 0 Å². The van der Waals surface area contributed by atoms with E-state index in [1.807, 2.05) is 18.2 Å². The van der Waals surface area contributed by atoms with Crippen molar-refractivity contribution >= 4 is 0 Å². The van der Waals surface area contributed by atoms with Gasteiger partial charge in [0.2, 0.25) is 0 Å². The third-order valence-corrected chi connectivity index (χ3v) is 12.7. The van der Waals surface area contributed by atoms with Gasteiger partial charge in [-0.05, 0) is 66.8 Å². The fourth-order valence-corrected chi connectivity index (χ4v) is 9.51. The Bertz CT molecular complexity index is 2300. The molecule has 6 nitrogen and oxygen atoms in total. The topological polar surface area (TPSA) is 55.4 Å². The van der Waals surface area contributed by atoms with Crippen LogP contribution in [0, 0.1) is 0 Å². The molecule has 60 heavy (non-hydrogen) atoms. The second kappa shape index (κ2) is 16.5. The first-order valence-electron chi connectivity index (χ1n) is 20.7. The first kappa shape index (κ1) is 38.0. The molecule has 0 amide bonds. The number of fused-ring (bicyclic) bond motifs is 3. The smallest absolute Gasteiger partial charge is 0.127 e. The van der Waals surface area contributed by atoms with Gasteiger partial charge in [-0.1, -0.05) is 146 Å². The molecular weight excluding hydrogens is 745 g/mol. The highest BCUT2D eigenvalue weighted by atomic mass is 16.5. The molecule has 0 aromatic heterocycles. The average molecular weight is 793 g/mol. The Balaban J connectivity index is 0.836. The number of ether oxygens (including phenoxy) is 6. The van der Waals surface area contributed by atoms with E-state index >= 15 is 0 Å². The van der Waals surface area contributed by atoms with Crippen molar-refractivity contribution in [2.24, 2.45) is 0 Å². The van der Waals surface area contributed by atoms with Crippen LogP contribution in [0.25, 0.3) is 0 Å². The zero-order valence-electron chi connectivity index (χ0n) is 34.1. The average Bonchev–Trinajstić information content (AvgIpc) is 3.27. The van der Waals surface area contributed by atoms with Crippen molar-refractivity contribution in [3.05, 3.63) is 231 Å². The Morgan fingerprint density at radius 1 is 0.317 bits per heavy atom. The fourth-order valence-electron chi connectivity index (χ4n) is 9.51. The third kappa shape index (κ3) is 7.05. The minimum absolute atomic E-state index is 0.0758. The highest BCUT2D eigenvalue weighted by Crippen LogP contribution is 2.52. The van der Waals surface area contributed by atoms with Gasteiger partial charge in [0.25, 0.3) is 0 Å². The molecule has 0 heterocycles. The summed E-state index contributed by atoms with van der Waals surface area (Å²) in [6.45, 7) is 1.21. The van der Waals surface area contributed by atoms with Gasteiger partial charge in [0.1, 0.15) is 37.1 Å². The summed E-state index contributed by atoms with van der Waals surface area (Å²) in [5, 5.41) is 0. The summed E-state index contributed by atoms with van der Waals surface area (Å²) in [4.78, 5) is 0. The van der Waals surface area contributed by atoms with Crippen LogP contribution in [0.5, 0.6) is 17.2 Å². The van der Waals surface area contributed by atoms with E-state index in [4.69, 9.17) is 28.4 Å². The molecule has 0 fully saturated rings. The number of hydrogen-bond acceptors (Lipinski definition) is 6. The Morgan fingerprint density at radius 2 is 0.567 bits per heavy atom. The van der Waals surface area contributed by atoms with Crippen molar-refractivity contribution in [3.63, 3.8) is 0 Å². The SMILES string of the molecule is COC1c2ccccc2C1c1ccc(COc2cc(OCc3ccc(C4c5ccccc5C4OC)cc3)cc(OCc3ccc(C4c5ccccc5C4OC)cc3)c2)cc1. The molecule has 0 saturated heterocycles. The summed E-state index contributed by atoms with van der Waals surface area (Å²) in [6.07, 6.45) is 0.227. The summed E-state index contributed by atoms with van der Waals surface area (Å²) < 4.78 is 36.9. The Kier molecular flexibility index (Phi) is 10.4. The number of benzene rings is 7. The van der Waals surface area contributed by atoms with Gasteiger partial charge >= 0.3 is 0 Å². The molecule has 6 heteroatoms. The van der Waals surface area contributed by atoms with Crippen LogP contribution in [0.4, 0.5) is 0 Å². The normalized spacial score (nSPS) is 20.6. The van der Waals surface area contributed by atoms with Crippen molar-refractivity contribution in [1.29, 1.82) is 0 Å². The van der Waals surface area contributed by atoms with Crippen LogP contribution >= 0.6 is 0 Å². The molecular formula is C54H48O6. The Labute approximate surface area is 352 Å². The first-order valence-corrected chi connectivity index (χ1v) is 20.7. The lowest BCUT2D eigenvalue weighted by Gasteiger charge is -2.39. The maximum absolute atomic E-state index is 6.43. The highest BCUT2D eigenvalue weighted by molar-refractivity contribution is 5.53. The predicted molar refractivity (Wildman–Crippen MR) is 233 cm³/mol. The molecule has 0 radical (unpaired) electrons. The molecule has 7 aromatic carbocycles. The van der Waals surface area contributed by atoms with Gasteiger partial charge in [-0.15, -0.1) is 0 Å². The molecule has 6 atom stereocenters. The van der Waals surface area contributed by atoms with Crippen LogP contribution in [-0.4, -0.2) is 21.3 Å². The maximum Gasteiger partial charge on any atom is 0.127 e. The van der Waals surface area contributed by atoms with Crippen molar-refractivity contribution in [3.8, 4) is 17.2 Å². The lowest BCUT2D eigenvalue weighted by atomic mass is 9.71. The minimum Gasteiger partial charge on any atom is -0.489 e. The van der Waals surface area contributed by atoms with Gasteiger partial charge in [-0.25, -0.2) is 0 Å². The Morgan fingerprint density at radius 3 is 0.817 bits per heavy atom. The van der Waals surface area contributed by atoms with Crippen molar-refractivity contribution in [2.45, 2.75) is 55.9 Å². The van der Waals surface area contributed by atoms with E-state index in [2.05, 4.69) is 146 Å². The predicted octanol–water partition coefficient (Wildman–Crippen LogP) is 11.9. The number of methoxy groups -OCH3 is 3. The lowest BCUT2D eigenvalue weighted by molar-refractivity contribution is 0.0676. The molecule has 3 aliphatic carbocycles. The largest absolute Gasteiger partial charge is 0.489 e. The lowest BCUT2D eigenvalue weighted by Crippen LogP contribution is -2.26. The summed E-state index contributed by atoms with van der Waals surface area (Å²) in [5.41, 5.74) is 14.7. The van der Waals surface area contributed by atoms with Crippen LogP contribution in [0.15, 0.2) is 164 Å². The van der Waals surface area contributed by atoms with Gasteiger partial charge in [0.15, 0.2) is 0 Å². The summed E-state index contributed by atoms with van der Waals surface area (Å²) in [6, 6.07) is 57.4. The van der Waals surface area contributed by atoms with E-state index in [-0.39, 0.29) is 36.1 Å². The third-order valence-electron chi connectivity index (χ3n) is 12.7. The molecule has 7 aromatic rings. The quantitative estimate of drug-likeness (QED) is 0.103.